The lowest BCUT2D eigenvalue weighted by Crippen LogP contribution is -2.26. The number of amides is 1. The topological polar surface area (TPSA) is 75.5 Å². The molecule has 7 nitrogen and oxygen atoms in total. The predicted octanol–water partition coefficient (Wildman–Crippen LogP) is 2.48. The number of imidazole rings is 1. The van der Waals surface area contributed by atoms with Gasteiger partial charge in [-0.15, -0.1) is 11.3 Å². The van der Waals surface area contributed by atoms with E-state index in [-0.39, 0.29) is 10.8 Å². The van der Waals surface area contributed by atoms with Crippen LogP contribution < -0.4 is 0 Å². The number of hydrogen-bond donors (Lipinski definition) is 0. The van der Waals surface area contributed by atoms with Gasteiger partial charge in [-0.3, -0.25) is 4.79 Å². The number of sulfonamides is 1. The van der Waals surface area contributed by atoms with E-state index in [9.17, 15) is 13.2 Å². The highest BCUT2D eigenvalue weighted by molar-refractivity contribution is 7.89. The second-order valence-corrected chi connectivity index (χ2v) is 10.0. The molecule has 0 spiro atoms. The Morgan fingerprint density at radius 2 is 1.96 bits per heavy atom. The van der Waals surface area contributed by atoms with Gasteiger partial charge in [0.1, 0.15) is 5.82 Å². The van der Waals surface area contributed by atoms with Gasteiger partial charge in [0.2, 0.25) is 15.9 Å². The fourth-order valence-corrected chi connectivity index (χ4v) is 4.64. The molecule has 0 saturated heterocycles. The van der Waals surface area contributed by atoms with Gasteiger partial charge >= 0.3 is 0 Å². The highest BCUT2D eigenvalue weighted by Crippen LogP contribution is 2.22. The van der Waals surface area contributed by atoms with Crippen LogP contribution in [0.1, 0.15) is 17.1 Å². The third-order valence-electron chi connectivity index (χ3n) is 4.68. The second-order valence-electron chi connectivity index (χ2n) is 6.85. The lowest BCUT2D eigenvalue weighted by molar-refractivity contribution is -0.130. The van der Waals surface area contributed by atoms with Gasteiger partial charge in [0.25, 0.3) is 0 Å². The average molecular weight is 421 g/mol. The summed E-state index contributed by atoms with van der Waals surface area (Å²) >= 11 is 1.63. The first-order valence-electron chi connectivity index (χ1n) is 8.84. The molecular weight excluding hydrogens is 396 g/mol. The smallest absolute Gasteiger partial charge is 0.242 e. The van der Waals surface area contributed by atoms with E-state index in [0.29, 0.717) is 24.9 Å². The van der Waals surface area contributed by atoms with Crippen LogP contribution in [0.3, 0.4) is 0 Å². The van der Waals surface area contributed by atoms with E-state index in [1.54, 1.807) is 41.5 Å². The van der Waals surface area contributed by atoms with Crippen molar-refractivity contribution in [2.75, 3.05) is 21.1 Å². The summed E-state index contributed by atoms with van der Waals surface area (Å²) in [5.41, 5.74) is 1.45. The molecule has 150 valence electrons. The Kier molecular flexibility index (Phi) is 5.87. The minimum Gasteiger partial charge on any atom is -0.341 e. The van der Waals surface area contributed by atoms with Gasteiger partial charge in [-0.1, -0.05) is 6.07 Å². The molecular formula is C19H24N4O3S2. The first-order valence-corrected chi connectivity index (χ1v) is 11.2. The second kappa shape index (κ2) is 8.02. The van der Waals surface area contributed by atoms with E-state index in [1.807, 2.05) is 29.1 Å². The first kappa shape index (κ1) is 20.5. The fraction of sp³-hybridized carbons (Fsp3) is 0.368. The molecule has 0 radical (unpaired) electrons. The van der Waals surface area contributed by atoms with Crippen LogP contribution in [-0.2, 0) is 34.8 Å². The summed E-state index contributed by atoms with van der Waals surface area (Å²) in [7, 11) is 3.17. The van der Waals surface area contributed by atoms with Gasteiger partial charge in [-0.05, 0) is 29.6 Å². The molecule has 9 heteroatoms. The van der Waals surface area contributed by atoms with E-state index in [4.69, 9.17) is 0 Å². The Morgan fingerprint density at radius 3 is 2.61 bits per heavy atom. The van der Waals surface area contributed by atoms with Crippen LogP contribution in [0.5, 0.6) is 0 Å². The maximum atomic E-state index is 12.4. The normalized spacial score (nSPS) is 12.0. The summed E-state index contributed by atoms with van der Waals surface area (Å²) < 4.78 is 27.8. The summed E-state index contributed by atoms with van der Waals surface area (Å²) in [6.45, 7) is 0.602. The number of thiophene rings is 1. The Hall–Kier alpha value is -2.23. The van der Waals surface area contributed by atoms with Crippen LogP contribution in [0.4, 0.5) is 0 Å². The van der Waals surface area contributed by atoms with E-state index >= 15 is 0 Å². The Morgan fingerprint density at radius 1 is 1.21 bits per heavy atom. The average Bonchev–Trinajstić information content (AvgIpc) is 3.27. The molecule has 0 N–H and O–H groups in total. The molecule has 0 aliphatic rings. The van der Waals surface area contributed by atoms with Crippen LogP contribution in [0.2, 0.25) is 0 Å². The van der Waals surface area contributed by atoms with Crippen molar-refractivity contribution in [2.45, 2.75) is 24.3 Å². The summed E-state index contributed by atoms with van der Waals surface area (Å²) in [5.74, 6) is 0.809. The number of carbonyl (C=O) groups excluding carboxylic acids is 1. The number of benzene rings is 1. The number of aryl methyl sites for hydroxylation is 2. The zero-order valence-electron chi connectivity index (χ0n) is 16.4. The number of rotatable bonds is 7. The number of nitrogens with zero attached hydrogens (tertiary/aromatic N) is 4. The zero-order valence-corrected chi connectivity index (χ0v) is 18.0. The molecule has 1 aromatic carbocycles. The maximum absolute atomic E-state index is 12.4. The van der Waals surface area contributed by atoms with E-state index < -0.39 is 10.0 Å². The Labute approximate surface area is 169 Å². The quantitative estimate of drug-likeness (QED) is 0.588. The van der Waals surface area contributed by atoms with Crippen molar-refractivity contribution < 1.29 is 13.2 Å². The minimum atomic E-state index is -3.51. The van der Waals surface area contributed by atoms with Gasteiger partial charge in [0.15, 0.2) is 0 Å². The monoisotopic (exact) mass is 420 g/mol. The fourth-order valence-electron chi connectivity index (χ4n) is 2.96. The first-order chi connectivity index (χ1) is 13.2. The number of carbonyl (C=O) groups is 1. The molecule has 1 amide bonds. The van der Waals surface area contributed by atoms with Crippen molar-refractivity contribution >= 4 is 38.3 Å². The van der Waals surface area contributed by atoms with Crippen LogP contribution in [0.25, 0.3) is 11.0 Å². The molecule has 0 atom stereocenters. The Bertz CT molecular complexity index is 1090. The molecule has 0 fully saturated rings. The number of hydrogen-bond acceptors (Lipinski definition) is 5. The molecule has 0 aliphatic heterocycles. The highest BCUT2D eigenvalue weighted by atomic mass is 32.2. The van der Waals surface area contributed by atoms with E-state index in [1.165, 1.54) is 18.4 Å². The summed E-state index contributed by atoms with van der Waals surface area (Å²) in [5, 5.41) is 2.00. The van der Waals surface area contributed by atoms with E-state index in [0.717, 1.165) is 16.2 Å². The molecule has 0 saturated carbocycles. The third-order valence-corrected chi connectivity index (χ3v) is 7.36. The SMILES string of the molecule is CN(Cc1cccs1)C(=O)CCc1nc2cc(S(=O)(=O)N(C)C)ccc2n1C. The Balaban J connectivity index is 1.74. The van der Waals surface area contributed by atoms with Gasteiger partial charge in [-0.25, -0.2) is 17.7 Å². The molecule has 0 aliphatic carbocycles. The minimum absolute atomic E-state index is 0.0522. The summed E-state index contributed by atoms with van der Waals surface area (Å²) in [6, 6.07) is 8.91. The van der Waals surface area contributed by atoms with Crippen LogP contribution in [0.15, 0.2) is 40.6 Å². The standard InChI is InChI=1S/C19H24N4O3S2/c1-21(2)28(25,26)15-7-8-17-16(12-15)20-18(23(17)4)9-10-19(24)22(3)13-14-6-5-11-27-14/h5-8,11-12H,9-10,13H2,1-4H3. The van der Waals surface area contributed by atoms with Gasteiger partial charge in [0, 0.05) is 45.9 Å². The van der Waals surface area contributed by atoms with Crippen molar-refractivity contribution in [3.63, 3.8) is 0 Å². The molecule has 3 aromatic rings. The van der Waals surface area contributed by atoms with Crippen LogP contribution in [-0.4, -0.2) is 54.2 Å². The van der Waals surface area contributed by atoms with E-state index in [2.05, 4.69) is 4.98 Å². The number of aromatic nitrogens is 2. The van der Waals surface area contributed by atoms with Gasteiger partial charge in [0.05, 0.1) is 22.5 Å². The highest BCUT2D eigenvalue weighted by Gasteiger charge is 2.19. The van der Waals surface area contributed by atoms with Gasteiger partial charge in [-0.2, -0.15) is 0 Å². The molecule has 2 aromatic heterocycles. The van der Waals surface area contributed by atoms with Gasteiger partial charge < -0.3 is 9.47 Å². The van der Waals surface area contributed by atoms with Crippen molar-refractivity contribution in [1.82, 2.24) is 18.8 Å². The predicted molar refractivity (Wildman–Crippen MR) is 111 cm³/mol. The van der Waals surface area contributed by atoms with Crippen LogP contribution >= 0.6 is 11.3 Å². The van der Waals surface area contributed by atoms with Crippen molar-refractivity contribution in [2.24, 2.45) is 7.05 Å². The molecule has 0 bridgehead atoms. The lowest BCUT2D eigenvalue weighted by atomic mass is 10.2. The zero-order chi connectivity index (χ0) is 20.5. The number of fused-ring (bicyclic) bond motifs is 1. The molecule has 28 heavy (non-hydrogen) atoms. The summed E-state index contributed by atoms with van der Waals surface area (Å²) in [4.78, 5) is 20.1. The molecule has 0 unspecified atom stereocenters. The summed E-state index contributed by atoms with van der Waals surface area (Å²) in [6.07, 6.45) is 0.844. The van der Waals surface area contributed by atoms with Crippen molar-refractivity contribution in [3.05, 3.63) is 46.4 Å². The molecule has 2 heterocycles. The largest absolute Gasteiger partial charge is 0.341 e. The lowest BCUT2D eigenvalue weighted by Gasteiger charge is -2.16. The van der Waals surface area contributed by atoms with Crippen molar-refractivity contribution in [1.29, 1.82) is 0 Å². The van der Waals surface area contributed by atoms with Crippen LogP contribution in [0, 0.1) is 0 Å². The maximum Gasteiger partial charge on any atom is 0.242 e. The third kappa shape index (κ3) is 4.11. The molecule has 3 rings (SSSR count). The van der Waals surface area contributed by atoms with Crippen molar-refractivity contribution in [3.8, 4) is 0 Å².